The molecule has 2 aromatic rings. The second-order valence-corrected chi connectivity index (χ2v) is 10.2. The first-order valence-corrected chi connectivity index (χ1v) is 12.4. The summed E-state index contributed by atoms with van der Waals surface area (Å²) in [6.07, 6.45) is 0.970. The molecule has 0 aliphatic rings. The predicted octanol–water partition coefficient (Wildman–Crippen LogP) is 4.04. The number of amides is 3. The van der Waals surface area contributed by atoms with Gasteiger partial charge in [-0.25, -0.2) is 4.79 Å². The van der Waals surface area contributed by atoms with E-state index in [1.807, 2.05) is 13.8 Å². The van der Waals surface area contributed by atoms with E-state index in [1.54, 1.807) is 45.0 Å². The van der Waals surface area contributed by atoms with Crippen molar-refractivity contribution >= 4 is 17.9 Å². The predicted molar refractivity (Wildman–Crippen MR) is 141 cm³/mol. The van der Waals surface area contributed by atoms with Gasteiger partial charge in [0.15, 0.2) is 0 Å². The number of carbonyl (C=O) groups excluding carboxylic acids is 3. The summed E-state index contributed by atoms with van der Waals surface area (Å²) in [4.78, 5) is 41.1. The molecule has 37 heavy (non-hydrogen) atoms. The lowest BCUT2D eigenvalue weighted by atomic mass is 10.0. The van der Waals surface area contributed by atoms with Crippen LogP contribution < -0.4 is 10.6 Å². The Kier molecular flexibility index (Phi) is 10.3. The summed E-state index contributed by atoms with van der Waals surface area (Å²) in [5.41, 5.74) is 0.342. The van der Waals surface area contributed by atoms with Gasteiger partial charge in [0, 0.05) is 19.5 Å². The molecule has 202 valence electrons. The number of hydrogen-bond acceptors (Lipinski definition) is 6. The van der Waals surface area contributed by atoms with Gasteiger partial charge in [-0.05, 0) is 69.5 Å². The van der Waals surface area contributed by atoms with E-state index in [4.69, 9.17) is 4.74 Å². The molecule has 0 saturated heterocycles. The molecule has 2 rings (SSSR count). The third kappa shape index (κ3) is 9.33. The SMILES string of the molecule is CCCC(C)NC(=O)C(c1cccc(O)c1)N(C)C(=O)C(Cc1ccc(O)cc1)NC(=O)OC(C)(C)C. The molecule has 3 amide bonds. The quantitative estimate of drug-likeness (QED) is 0.380. The van der Waals surface area contributed by atoms with Gasteiger partial charge in [-0.2, -0.15) is 0 Å². The summed E-state index contributed by atoms with van der Waals surface area (Å²) in [7, 11) is 1.49. The van der Waals surface area contributed by atoms with Crippen LogP contribution in [0.2, 0.25) is 0 Å². The molecule has 2 aromatic carbocycles. The number of rotatable bonds is 10. The van der Waals surface area contributed by atoms with Crippen molar-refractivity contribution in [2.24, 2.45) is 0 Å². The maximum atomic E-state index is 13.8. The standard InChI is InChI=1S/C28H39N3O6/c1-7-9-18(2)29-25(34)24(20-10-8-11-22(33)17-20)31(6)26(35)23(30-27(36)37-28(3,4)5)16-19-12-14-21(32)15-13-19/h8,10-15,17-18,23-24,32-33H,7,9,16H2,1-6H3,(H,29,34)(H,30,36). The van der Waals surface area contributed by atoms with Gasteiger partial charge in [0.25, 0.3) is 0 Å². The third-order valence-corrected chi connectivity index (χ3v) is 5.64. The molecule has 0 spiro atoms. The highest BCUT2D eigenvalue weighted by Crippen LogP contribution is 2.25. The lowest BCUT2D eigenvalue weighted by Gasteiger charge is -2.32. The van der Waals surface area contributed by atoms with Crippen molar-refractivity contribution in [1.29, 1.82) is 0 Å². The molecule has 0 aromatic heterocycles. The highest BCUT2D eigenvalue weighted by molar-refractivity contribution is 5.92. The molecule has 0 aliphatic carbocycles. The number of aromatic hydroxyl groups is 2. The maximum absolute atomic E-state index is 13.8. The van der Waals surface area contributed by atoms with E-state index in [0.29, 0.717) is 11.1 Å². The molecule has 4 N–H and O–H groups in total. The minimum atomic E-state index is -1.06. The number of phenolic OH excluding ortho intramolecular Hbond substituents is 2. The van der Waals surface area contributed by atoms with Crippen molar-refractivity contribution in [2.45, 2.75) is 77.6 Å². The molecule has 3 unspecified atom stereocenters. The molecule has 0 bridgehead atoms. The largest absolute Gasteiger partial charge is 0.508 e. The first kappa shape index (κ1) is 29.5. The van der Waals surface area contributed by atoms with Crippen molar-refractivity contribution in [3.63, 3.8) is 0 Å². The van der Waals surface area contributed by atoms with Crippen molar-refractivity contribution < 1.29 is 29.3 Å². The second kappa shape index (κ2) is 13.0. The maximum Gasteiger partial charge on any atom is 0.408 e. The van der Waals surface area contributed by atoms with Gasteiger partial charge in [-0.1, -0.05) is 37.6 Å². The van der Waals surface area contributed by atoms with E-state index in [0.717, 1.165) is 12.8 Å². The Balaban J connectivity index is 2.41. The Hall–Kier alpha value is -3.75. The highest BCUT2D eigenvalue weighted by Gasteiger charge is 2.34. The van der Waals surface area contributed by atoms with Gasteiger partial charge >= 0.3 is 6.09 Å². The normalized spacial score (nSPS) is 13.7. The fourth-order valence-electron chi connectivity index (χ4n) is 3.96. The number of nitrogens with zero attached hydrogens (tertiary/aromatic N) is 1. The molecular weight excluding hydrogens is 474 g/mol. The summed E-state index contributed by atoms with van der Waals surface area (Å²) in [6, 6.07) is 10.2. The van der Waals surface area contributed by atoms with Crippen molar-refractivity contribution in [3.8, 4) is 11.5 Å². The van der Waals surface area contributed by atoms with Gasteiger partial charge < -0.3 is 30.5 Å². The molecule has 0 fully saturated rings. The lowest BCUT2D eigenvalue weighted by molar-refractivity contribution is -0.141. The van der Waals surface area contributed by atoms with E-state index >= 15 is 0 Å². The average Bonchev–Trinajstić information content (AvgIpc) is 2.78. The first-order chi connectivity index (χ1) is 17.3. The zero-order valence-electron chi connectivity index (χ0n) is 22.4. The Labute approximate surface area is 218 Å². The number of alkyl carbamates (subject to hydrolysis) is 1. The zero-order chi connectivity index (χ0) is 27.8. The Bertz CT molecular complexity index is 1060. The minimum Gasteiger partial charge on any atom is -0.508 e. The molecule has 9 heteroatoms. The number of hydrogen-bond donors (Lipinski definition) is 4. The summed E-state index contributed by atoms with van der Waals surface area (Å²) in [6.45, 7) is 9.06. The fourth-order valence-corrected chi connectivity index (χ4v) is 3.96. The molecule has 0 saturated carbocycles. The summed E-state index contributed by atoms with van der Waals surface area (Å²) >= 11 is 0. The molecule has 3 atom stereocenters. The van der Waals surface area contributed by atoms with E-state index in [9.17, 15) is 24.6 Å². The molecular formula is C28H39N3O6. The van der Waals surface area contributed by atoms with Gasteiger partial charge in [-0.15, -0.1) is 0 Å². The number of ether oxygens (including phenoxy) is 1. The van der Waals surface area contributed by atoms with Crippen LogP contribution in [0.3, 0.4) is 0 Å². The van der Waals surface area contributed by atoms with Crippen molar-refractivity contribution in [1.82, 2.24) is 15.5 Å². The first-order valence-electron chi connectivity index (χ1n) is 12.4. The van der Waals surface area contributed by atoms with Crippen LogP contribution in [0.1, 0.15) is 64.6 Å². The van der Waals surface area contributed by atoms with Crippen LogP contribution in [0.4, 0.5) is 4.79 Å². The fraction of sp³-hybridized carbons (Fsp3) is 0.464. The summed E-state index contributed by atoms with van der Waals surface area (Å²) in [5.74, 6) is -0.885. The Morgan fingerprint density at radius 2 is 1.65 bits per heavy atom. The lowest BCUT2D eigenvalue weighted by Crippen LogP contribution is -2.53. The average molecular weight is 514 g/mol. The highest BCUT2D eigenvalue weighted by atomic mass is 16.6. The van der Waals surface area contributed by atoms with Gasteiger partial charge in [-0.3, -0.25) is 9.59 Å². The van der Waals surface area contributed by atoms with Gasteiger partial charge in [0.2, 0.25) is 11.8 Å². The number of benzene rings is 2. The van der Waals surface area contributed by atoms with Crippen molar-refractivity contribution in [2.75, 3.05) is 7.05 Å². The number of likely N-dealkylation sites (N-methyl/N-ethyl adjacent to an activating group) is 1. The molecule has 0 radical (unpaired) electrons. The van der Waals surface area contributed by atoms with Crippen LogP contribution >= 0.6 is 0 Å². The van der Waals surface area contributed by atoms with Crippen LogP contribution in [-0.4, -0.2) is 57.8 Å². The number of carbonyl (C=O) groups is 3. The second-order valence-electron chi connectivity index (χ2n) is 10.2. The topological polar surface area (TPSA) is 128 Å². The monoisotopic (exact) mass is 513 g/mol. The van der Waals surface area contributed by atoms with E-state index in [2.05, 4.69) is 10.6 Å². The molecule has 9 nitrogen and oxygen atoms in total. The number of nitrogens with one attached hydrogen (secondary N) is 2. The van der Waals surface area contributed by atoms with Gasteiger partial charge in [0.05, 0.1) is 0 Å². The van der Waals surface area contributed by atoms with Crippen molar-refractivity contribution in [3.05, 3.63) is 59.7 Å². The van der Waals surface area contributed by atoms with Crippen LogP contribution in [-0.2, 0) is 20.7 Å². The van der Waals surface area contributed by atoms with Crippen LogP contribution in [0.5, 0.6) is 11.5 Å². The third-order valence-electron chi connectivity index (χ3n) is 5.64. The summed E-state index contributed by atoms with van der Waals surface area (Å²) < 4.78 is 5.37. The number of phenols is 2. The van der Waals surface area contributed by atoms with Gasteiger partial charge in [0.1, 0.15) is 29.2 Å². The zero-order valence-corrected chi connectivity index (χ0v) is 22.4. The van der Waals surface area contributed by atoms with Crippen LogP contribution in [0, 0.1) is 0 Å². The molecule has 0 heterocycles. The Morgan fingerprint density at radius 1 is 1.00 bits per heavy atom. The van der Waals surface area contributed by atoms with E-state index in [1.165, 1.54) is 36.2 Å². The van der Waals surface area contributed by atoms with Crippen LogP contribution in [0.15, 0.2) is 48.5 Å². The van der Waals surface area contributed by atoms with E-state index < -0.39 is 35.6 Å². The molecule has 0 aliphatic heterocycles. The summed E-state index contributed by atoms with van der Waals surface area (Å²) in [5, 5.41) is 25.3. The Morgan fingerprint density at radius 3 is 2.22 bits per heavy atom. The van der Waals surface area contributed by atoms with E-state index in [-0.39, 0.29) is 24.0 Å². The minimum absolute atomic E-state index is 0.0368. The smallest absolute Gasteiger partial charge is 0.408 e. The van der Waals surface area contributed by atoms with Crippen LogP contribution in [0.25, 0.3) is 0 Å².